The second kappa shape index (κ2) is 4.16. The number of benzene rings is 1. The molecule has 0 saturated carbocycles. The van der Waals surface area contributed by atoms with Crippen molar-refractivity contribution in [2.75, 3.05) is 0 Å². The minimum absolute atomic E-state index is 0.446. The Balaban J connectivity index is 2.45. The summed E-state index contributed by atoms with van der Waals surface area (Å²) in [4.78, 5) is 0. The summed E-state index contributed by atoms with van der Waals surface area (Å²) in [5.74, 6) is 0. The van der Waals surface area contributed by atoms with Crippen molar-refractivity contribution < 1.29 is 0 Å². The zero-order valence-electron chi connectivity index (χ0n) is 6.04. The maximum absolute atomic E-state index is 7.10. The van der Waals surface area contributed by atoms with Gasteiger partial charge >= 0.3 is 73.9 Å². The summed E-state index contributed by atoms with van der Waals surface area (Å²) >= 11 is 2.16. The molecule has 0 bridgehead atoms. The van der Waals surface area contributed by atoms with Crippen LogP contribution in [-0.4, -0.2) is 20.7 Å². The summed E-state index contributed by atoms with van der Waals surface area (Å²) in [5.41, 5.74) is 1.20. The number of hydrogen-bond acceptors (Lipinski definition) is 1. The van der Waals surface area contributed by atoms with Gasteiger partial charge in [0.15, 0.2) is 0 Å². The predicted molar refractivity (Wildman–Crippen MR) is 48.2 cm³/mol. The SMILES string of the molecule is N=C([SeH])NCc1ccccc1. The average Bonchev–Trinajstić information content (AvgIpc) is 2.03. The summed E-state index contributed by atoms with van der Waals surface area (Å²) in [6, 6.07) is 10.0. The summed E-state index contributed by atoms with van der Waals surface area (Å²) in [6.07, 6.45) is 0. The van der Waals surface area contributed by atoms with E-state index in [0.717, 1.165) is 6.54 Å². The molecule has 0 unspecified atom stereocenters. The van der Waals surface area contributed by atoms with E-state index in [9.17, 15) is 0 Å². The maximum atomic E-state index is 7.10. The van der Waals surface area contributed by atoms with Crippen LogP contribution in [0.1, 0.15) is 5.56 Å². The number of rotatable bonds is 2. The van der Waals surface area contributed by atoms with E-state index in [2.05, 4.69) is 21.3 Å². The van der Waals surface area contributed by atoms with Crippen LogP contribution in [0.2, 0.25) is 0 Å². The van der Waals surface area contributed by atoms with Gasteiger partial charge in [-0.15, -0.1) is 0 Å². The molecule has 0 aliphatic rings. The van der Waals surface area contributed by atoms with Crippen molar-refractivity contribution in [3.05, 3.63) is 35.9 Å². The molecule has 1 aromatic carbocycles. The first-order valence-corrected chi connectivity index (χ1v) is 4.28. The second-order valence-corrected chi connectivity index (χ2v) is 3.13. The fourth-order valence-corrected chi connectivity index (χ4v) is 0.948. The third kappa shape index (κ3) is 3.21. The van der Waals surface area contributed by atoms with Crippen LogP contribution in [0.25, 0.3) is 0 Å². The molecule has 0 aliphatic carbocycles. The summed E-state index contributed by atoms with van der Waals surface area (Å²) in [5, 5.41) is 10.0. The zero-order valence-corrected chi connectivity index (χ0v) is 7.92. The average molecular weight is 213 g/mol. The van der Waals surface area contributed by atoms with Crippen molar-refractivity contribution in [1.29, 1.82) is 5.41 Å². The van der Waals surface area contributed by atoms with Crippen molar-refractivity contribution in [2.24, 2.45) is 0 Å². The Morgan fingerprint density at radius 2 is 2.00 bits per heavy atom. The van der Waals surface area contributed by atoms with E-state index in [0.29, 0.717) is 4.73 Å². The van der Waals surface area contributed by atoms with E-state index in [1.165, 1.54) is 5.56 Å². The predicted octanol–water partition coefficient (Wildman–Crippen LogP) is 0.612. The Kier molecular flexibility index (Phi) is 3.14. The van der Waals surface area contributed by atoms with E-state index in [1.807, 2.05) is 30.3 Å². The van der Waals surface area contributed by atoms with E-state index in [1.54, 1.807) is 0 Å². The number of amidine groups is 1. The Labute approximate surface area is 74.3 Å². The van der Waals surface area contributed by atoms with Crippen LogP contribution in [0.5, 0.6) is 0 Å². The van der Waals surface area contributed by atoms with Gasteiger partial charge in [-0.05, 0) is 0 Å². The summed E-state index contributed by atoms with van der Waals surface area (Å²) in [6.45, 7) is 0.731. The standard InChI is InChI=1S/C8H10N2Se/c9-8(11)10-6-7-4-2-1-3-5-7/h1-5H,6H2,(H3,9,10,11). The zero-order chi connectivity index (χ0) is 8.10. The van der Waals surface area contributed by atoms with Gasteiger partial charge in [0, 0.05) is 0 Å². The Morgan fingerprint density at radius 1 is 1.36 bits per heavy atom. The van der Waals surface area contributed by atoms with E-state index >= 15 is 0 Å². The van der Waals surface area contributed by atoms with Crippen LogP contribution in [-0.2, 0) is 6.54 Å². The Bertz CT molecular complexity index is 233. The van der Waals surface area contributed by atoms with Crippen LogP contribution in [0.15, 0.2) is 30.3 Å². The molecule has 0 heterocycles. The van der Waals surface area contributed by atoms with Crippen LogP contribution in [0.4, 0.5) is 0 Å². The van der Waals surface area contributed by atoms with Crippen molar-refractivity contribution in [3.63, 3.8) is 0 Å². The van der Waals surface area contributed by atoms with Gasteiger partial charge in [-0.25, -0.2) is 0 Å². The topological polar surface area (TPSA) is 35.9 Å². The molecule has 0 saturated heterocycles. The molecule has 0 aliphatic heterocycles. The monoisotopic (exact) mass is 214 g/mol. The first kappa shape index (κ1) is 8.31. The van der Waals surface area contributed by atoms with Crippen LogP contribution in [0.3, 0.4) is 0 Å². The molecule has 11 heavy (non-hydrogen) atoms. The van der Waals surface area contributed by atoms with Gasteiger partial charge in [0.1, 0.15) is 0 Å². The molecule has 0 fully saturated rings. The Hall–Kier alpha value is -0.791. The third-order valence-corrected chi connectivity index (χ3v) is 1.63. The van der Waals surface area contributed by atoms with Gasteiger partial charge in [-0.2, -0.15) is 0 Å². The first-order valence-electron chi connectivity index (χ1n) is 3.34. The third-order valence-electron chi connectivity index (χ3n) is 1.30. The molecule has 0 radical (unpaired) electrons. The minimum atomic E-state index is 0.446. The summed E-state index contributed by atoms with van der Waals surface area (Å²) in [7, 11) is 0. The van der Waals surface area contributed by atoms with Gasteiger partial charge in [0.25, 0.3) is 0 Å². The number of nitrogens with one attached hydrogen (secondary N) is 2. The quantitative estimate of drug-likeness (QED) is 0.421. The molecular weight excluding hydrogens is 203 g/mol. The van der Waals surface area contributed by atoms with Crippen molar-refractivity contribution in [1.82, 2.24) is 5.32 Å². The van der Waals surface area contributed by atoms with E-state index in [4.69, 9.17) is 5.41 Å². The molecule has 0 aromatic heterocycles. The molecular formula is C8H10N2Se. The van der Waals surface area contributed by atoms with Crippen molar-refractivity contribution in [3.8, 4) is 0 Å². The fourth-order valence-electron chi connectivity index (χ4n) is 0.782. The molecule has 2 nitrogen and oxygen atoms in total. The van der Waals surface area contributed by atoms with Crippen molar-refractivity contribution >= 4 is 20.7 Å². The fraction of sp³-hybridized carbons (Fsp3) is 0.125. The van der Waals surface area contributed by atoms with Crippen LogP contribution >= 0.6 is 0 Å². The van der Waals surface area contributed by atoms with Crippen LogP contribution < -0.4 is 5.32 Å². The molecule has 1 rings (SSSR count). The van der Waals surface area contributed by atoms with E-state index in [-0.39, 0.29) is 0 Å². The molecule has 0 amide bonds. The van der Waals surface area contributed by atoms with Gasteiger partial charge in [0.2, 0.25) is 0 Å². The van der Waals surface area contributed by atoms with Gasteiger partial charge in [0.05, 0.1) is 0 Å². The molecule has 0 atom stereocenters. The first-order chi connectivity index (χ1) is 5.29. The van der Waals surface area contributed by atoms with Crippen LogP contribution in [0, 0.1) is 5.41 Å². The van der Waals surface area contributed by atoms with Gasteiger partial charge in [-0.3, -0.25) is 0 Å². The summed E-state index contributed by atoms with van der Waals surface area (Å²) < 4.78 is 0.446. The normalized spacial score (nSPS) is 9.18. The molecule has 3 heteroatoms. The molecule has 2 N–H and O–H groups in total. The van der Waals surface area contributed by atoms with E-state index < -0.39 is 0 Å². The molecule has 58 valence electrons. The van der Waals surface area contributed by atoms with Gasteiger partial charge < -0.3 is 0 Å². The van der Waals surface area contributed by atoms with Crippen molar-refractivity contribution in [2.45, 2.75) is 6.54 Å². The second-order valence-electron chi connectivity index (χ2n) is 2.19. The number of hydrogen-bond donors (Lipinski definition) is 2. The molecule has 1 aromatic rings. The van der Waals surface area contributed by atoms with Gasteiger partial charge in [-0.1, -0.05) is 0 Å². The molecule has 0 spiro atoms. The Morgan fingerprint density at radius 3 is 2.55 bits per heavy atom.